The van der Waals surface area contributed by atoms with Crippen molar-refractivity contribution in [2.24, 2.45) is 23.5 Å². The van der Waals surface area contributed by atoms with Gasteiger partial charge in [-0.2, -0.15) is 0 Å². The minimum Gasteiger partial charge on any atom is -0.405 e. The van der Waals surface area contributed by atoms with E-state index in [1.807, 2.05) is 27.7 Å². The van der Waals surface area contributed by atoms with E-state index in [-0.39, 0.29) is 0 Å². The van der Waals surface area contributed by atoms with Gasteiger partial charge in [0.2, 0.25) is 0 Å². The third-order valence-corrected chi connectivity index (χ3v) is 9.90. The number of hydrogen-bond acceptors (Lipinski definition) is 2. The van der Waals surface area contributed by atoms with Crippen LogP contribution in [0.4, 0.5) is 0 Å². The first-order valence-corrected chi connectivity index (χ1v) is 20.0. The molecule has 0 heterocycles. The molecule has 0 amide bonds. The van der Waals surface area contributed by atoms with E-state index in [2.05, 4.69) is 148 Å². The van der Waals surface area contributed by atoms with Gasteiger partial charge in [-0.3, -0.25) is 0 Å². The Kier molecular flexibility index (Phi) is 28.7. The number of benzene rings is 1. The van der Waals surface area contributed by atoms with Crippen LogP contribution in [-0.2, 0) is 0 Å². The van der Waals surface area contributed by atoms with Crippen molar-refractivity contribution in [1.82, 2.24) is 4.90 Å². The lowest BCUT2D eigenvalue weighted by Crippen LogP contribution is -2.26. The van der Waals surface area contributed by atoms with E-state index < -0.39 is 0 Å². The molecule has 2 nitrogen and oxygen atoms in total. The molecule has 3 aliphatic carbocycles. The fourth-order valence-corrected chi connectivity index (χ4v) is 5.75. The lowest BCUT2D eigenvalue weighted by molar-refractivity contribution is 0.328. The van der Waals surface area contributed by atoms with Gasteiger partial charge in [-0.1, -0.05) is 138 Å². The van der Waals surface area contributed by atoms with Crippen LogP contribution >= 0.6 is 0 Å². The van der Waals surface area contributed by atoms with Crippen LogP contribution in [0.5, 0.6) is 0 Å². The minimum atomic E-state index is 0.707. The zero-order valence-corrected chi connectivity index (χ0v) is 36.1. The van der Waals surface area contributed by atoms with Gasteiger partial charge in [0.25, 0.3) is 0 Å². The number of rotatable bonds is 9. The Morgan fingerprint density at radius 3 is 1.73 bits per heavy atom. The molecule has 2 atom stereocenters. The number of allylic oxidation sites excluding steroid dienone is 12. The molecule has 3 aliphatic rings. The van der Waals surface area contributed by atoms with Crippen LogP contribution < -0.4 is 5.73 Å². The molecular weight excluding hydrogens is 617 g/mol. The number of hydrogen-bond donors (Lipinski definition) is 1. The van der Waals surface area contributed by atoms with Crippen LogP contribution in [0.3, 0.4) is 0 Å². The lowest BCUT2D eigenvalue weighted by atomic mass is 9.88. The summed E-state index contributed by atoms with van der Waals surface area (Å²) < 4.78 is 0. The topological polar surface area (TPSA) is 29.3 Å². The van der Waals surface area contributed by atoms with Crippen LogP contribution in [-0.4, -0.2) is 18.0 Å². The van der Waals surface area contributed by atoms with Crippen molar-refractivity contribution < 1.29 is 0 Å². The van der Waals surface area contributed by atoms with E-state index in [1.165, 1.54) is 97.7 Å². The Labute approximate surface area is 319 Å². The first kappa shape index (κ1) is 49.9. The van der Waals surface area contributed by atoms with Crippen molar-refractivity contribution in [3.8, 4) is 0 Å². The third-order valence-electron chi connectivity index (χ3n) is 9.90. The first-order chi connectivity index (χ1) is 24.2. The highest BCUT2D eigenvalue weighted by Gasteiger charge is 2.21. The van der Waals surface area contributed by atoms with Crippen molar-refractivity contribution in [3.63, 3.8) is 0 Å². The van der Waals surface area contributed by atoms with E-state index in [0.29, 0.717) is 5.92 Å². The van der Waals surface area contributed by atoms with Gasteiger partial charge in [0.1, 0.15) is 0 Å². The van der Waals surface area contributed by atoms with Crippen molar-refractivity contribution in [2.45, 2.75) is 148 Å². The van der Waals surface area contributed by atoms with Crippen LogP contribution in [0.15, 0.2) is 119 Å². The van der Waals surface area contributed by atoms with Gasteiger partial charge in [0.05, 0.1) is 0 Å². The molecule has 0 saturated heterocycles. The highest BCUT2D eigenvalue weighted by atomic mass is 15.1. The second-order valence-corrected chi connectivity index (χ2v) is 14.5. The maximum Gasteiger partial charge on any atom is 0.0172 e. The van der Waals surface area contributed by atoms with Crippen LogP contribution in [0, 0.1) is 31.6 Å². The lowest BCUT2D eigenvalue weighted by Gasteiger charge is -2.31. The van der Waals surface area contributed by atoms with Crippen molar-refractivity contribution in [2.75, 3.05) is 13.1 Å². The molecule has 1 fully saturated rings. The molecule has 51 heavy (non-hydrogen) atoms. The molecule has 0 bridgehead atoms. The molecule has 0 aliphatic heterocycles. The highest BCUT2D eigenvalue weighted by Crippen LogP contribution is 2.35. The number of nitrogens with two attached hydrogens (primary N) is 1. The van der Waals surface area contributed by atoms with Gasteiger partial charge < -0.3 is 10.6 Å². The monoisotopic (exact) mass is 699 g/mol. The highest BCUT2D eigenvalue weighted by molar-refractivity contribution is 5.37. The molecule has 0 spiro atoms. The van der Waals surface area contributed by atoms with Gasteiger partial charge in [-0.15, -0.1) is 0 Å². The van der Waals surface area contributed by atoms with Gasteiger partial charge >= 0.3 is 0 Å². The zero-order valence-electron chi connectivity index (χ0n) is 36.1. The number of aryl methyl sites for hydroxylation is 2. The minimum absolute atomic E-state index is 0.707. The molecule has 1 saturated carbocycles. The summed E-state index contributed by atoms with van der Waals surface area (Å²) in [7, 11) is 0. The van der Waals surface area contributed by atoms with E-state index in [9.17, 15) is 0 Å². The Morgan fingerprint density at radius 1 is 0.882 bits per heavy atom. The summed E-state index contributed by atoms with van der Waals surface area (Å²) >= 11 is 0. The third kappa shape index (κ3) is 22.3. The molecule has 2 heteroatoms. The van der Waals surface area contributed by atoms with Crippen LogP contribution in [0.2, 0.25) is 0 Å². The predicted octanol–water partition coefficient (Wildman–Crippen LogP) is 15.0. The second kappa shape index (κ2) is 29.3. The molecule has 2 N–H and O–H groups in total. The maximum absolute atomic E-state index is 4.61. The predicted molar refractivity (Wildman–Crippen MR) is 235 cm³/mol. The largest absolute Gasteiger partial charge is 0.405 e. The maximum atomic E-state index is 4.61. The van der Waals surface area contributed by atoms with Crippen LogP contribution in [0.25, 0.3) is 0 Å². The Bertz CT molecular complexity index is 1280. The summed E-state index contributed by atoms with van der Waals surface area (Å²) in [5, 5.41) is 0. The van der Waals surface area contributed by atoms with Crippen molar-refractivity contribution in [1.29, 1.82) is 0 Å². The van der Waals surface area contributed by atoms with E-state index in [4.69, 9.17) is 0 Å². The average Bonchev–Trinajstić information content (AvgIpc) is 3.97. The summed E-state index contributed by atoms with van der Waals surface area (Å²) in [6.07, 6.45) is 20.8. The fraction of sp³-hybridized carbons (Fsp3) is 0.551. The quantitative estimate of drug-likeness (QED) is 0.205. The summed E-state index contributed by atoms with van der Waals surface area (Å²) in [5.41, 5.74) is 19.0. The van der Waals surface area contributed by atoms with E-state index in [1.54, 1.807) is 16.8 Å². The van der Waals surface area contributed by atoms with E-state index in [0.717, 1.165) is 23.8 Å². The number of nitrogens with zero attached hydrogens (tertiary/aromatic N) is 1. The fourth-order valence-electron chi connectivity index (χ4n) is 5.75. The van der Waals surface area contributed by atoms with E-state index >= 15 is 0 Å². The van der Waals surface area contributed by atoms with Crippen molar-refractivity contribution >= 4 is 0 Å². The molecule has 0 radical (unpaired) electrons. The molecule has 1 aromatic rings. The first-order valence-electron chi connectivity index (χ1n) is 20.0. The standard InChI is InChI=1S/C24H39N.C8H10.C7H12.C6H10.C2H5N.C2H6/c1-7-13-25(14-8-2)24-12-11-23(16-20(24)5)17-22-10-9-18(3)21(6)19(4)15-22;1-7-5-3-4-6-8(7)2;1-5-7(4)6(2)3;1-5(2)6-3-4-6;1-2-3;1-2/h10,15-16,18,21H,7-9,11-14,17H2,1-6H3;3-6H,1-2H3;5H,2H2,1,3-4H3;6H,1,3-4H2,2H3;2H,1,3H2;1-2H3/b;;7-5+;;;. The van der Waals surface area contributed by atoms with Crippen molar-refractivity contribution in [3.05, 3.63) is 130 Å². The molecule has 4 rings (SSSR count). The van der Waals surface area contributed by atoms with Crippen LogP contribution in [0.1, 0.15) is 146 Å². The Morgan fingerprint density at radius 2 is 1.39 bits per heavy atom. The summed E-state index contributed by atoms with van der Waals surface area (Å²) in [6, 6.07) is 8.36. The Balaban J connectivity index is 0. The molecular formula is C49H82N2. The van der Waals surface area contributed by atoms with Gasteiger partial charge in [0, 0.05) is 18.8 Å². The van der Waals surface area contributed by atoms with Gasteiger partial charge in [-0.05, 0) is 153 Å². The molecule has 0 aromatic heterocycles. The van der Waals surface area contributed by atoms with Gasteiger partial charge in [-0.25, -0.2) is 0 Å². The summed E-state index contributed by atoms with van der Waals surface area (Å²) in [5.74, 6) is 2.38. The second-order valence-electron chi connectivity index (χ2n) is 14.5. The molecule has 2 unspecified atom stereocenters. The van der Waals surface area contributed by atoms with Gasteiger partial charge in [0.15, 0.2) is 0 Å². The smallest absolute Gasteiger partial charge is 0.0172 e. The summed E-state index contributed by atoms with van der Waals surface area (Å²) in [6.45, 7) is 43.5. The molecule has 288 valence electrons. The Hall–Kier alpha value is -3.26. The summed E-state index contributed by atoms with van der Waals surface area (Å²) in [4.78, 5) is 2.63. The average molecular weight is 699 g/mol. The SMILES string of the molecule is C=C(C)/C(C)=C/C.C=C(C)C1CC1.C=CN.CC.CCCN(CCC)C1=C(C)C=C(CC2=CCC(C)C(C)C(C)=C2)CC1.Cc1ccccc1C. The molecule has 1 aromatic carbocycles. The zero-order chi connectivity index (χ0) is 39.5. The normalized spacial score (nSPS) is 17.8.